The van der Waals surface area contributed by atoms with E-state index in [0.717, 1.165) is 41.5 Å². The number of anilines is 2. The molecule has 0 spiro atoms. The molecule has 0 aromatic heterocycles. The fraction of sp³-hybridized carbons (Fsp3) is 0. The molecule has 8 aromatic carbocycles. The first-order chi connectivity index (χ1) is 33.5. The van der Waals surface area contributed by atoms with E-state index >= 15 is 0 Å². The molecular formula is C45H32N10O13S3. The van der Waals surface area contributed by atoms with E-state index < -0.39 is 73.9 Å². The molecule has 0 aliphatic heterocycles. The Morgan fingerprint density at radius 2 is 0.930 bits per heavy atom. The normalized spacial score (nSPS) is 12.6. The van der Waals surface area contributed by atoms with Crippen molar-refractivity contribution in [3.63, 3.8) is 0 Å². The Morgan fingerprint density at radius 1 is 0.437 bits per heavy atom. The van der Waals surface area contributed by atoms with Gasteiger partial charge in [0.05, 0.1) is 34.1 Å². The SMILES string of the molecule is Nc1cc(N)c(N=Nc2cc3c(O)c(N=Nc4ccc(S(=O)(=O)O)c5ccccc45)c(S(=O)(=O)O)cc3cc2S(=O)(=O)O)cc1N=Nc1ccc(-c2ccc(N=Nc3ccc(O)c(C(=O)O)c3)cc2)cc1. The summed E-state index contributed by atoms with van der Waals surface area (Å²) in [7, 11) is -15.1. The molecule has 8 aromatic rings. The third-order valence-corrected chi connectivity index (χ3v) is 13.0. The van der Waals surface area contributed by atoms with Gasteiger partial charge in [0.1, 0.15) is 48.7 Å². The number of hydrogen-bond donors (Lipinski definition) is 8. The van der Waals surface area contributed by atoms with Crippen molar-refractivity contribution in [3.8, 4) is 22.6 Å². The number of carbonyl (C=O) groups is 1. The molecule has 0 unspecified atom stereocenters. The van der Waals surface area contributed by atoms with Crippen LogP contribution in [0.5, 0.6) is 11.5 Å². The summed E-state index contributed by atoms with van der Waals surface area (Å²) in [4.78, 5) is 8.90. The van der Waals surface area contributed by atoms with Gasteiger partial charge in [0.15, 0.2) is 5.75 Å². The van der Waals surface area contributed by atoms with Crippen molar-refractivity contribution in [3.05, 3.63) is 139 Å². The molecule has 0 saturated carbocycles. The smallest absolute Gasteiger partial charge is 0.339 e. The van der Waals surface area contributed by atoms with Gasteiger partial charge in [0.25, 0.3) is 30.4 Å². The first kappa shape index (κ1) is 48.5. The number of aromatic hydroxyl groups is 2. The molecule has 0 saturated heterocycles. The highest BCUT2D eigenvalue weighted by molar-refractivity contribution is 7.86. The maximum atomic E-state index is 12.6. The molecule has 0 heterocycles. The lowest BCUT2D eigenvalue weighted by Crippen LogP contribution is -2.01. The van der Waals surface area contributed by atoms with Crippen LogP contribution < -0.4 is 11.5 Å². The minimum Gasteiger partial charge on any atom is -0.507 e. The number of fused-ring (bicyclic) bond motifs is 2. The van der Waals surface area contributed by atoms with Crippen LogP contribution in [-0.2, 0) is 30.4 Å². The number of nitrogens with zero attached hydrogens (tertiary/aromatic N) is 8. The van der Waals surface area contributed by atoms with E-state index in [1.54, 1.807) is 48.5 Å². The highest BCUT2D eigenvalue weighted by Gasteiger charge is 2.26. The summed E-state index contributed by atoms with van der Waals surface area (Å²) in [5.41, 5.74) is 13.3. The predicted molar refractivity (Wildman–Crippen MR) is 258 cm³/mol. The van der Waals surface area contributed by atoms with Crippen LogP contribution in [0.3, 0.4) is 0 Å². The molecule has 71 heavy (non-hydrogen) atoms. The Balaban J connectivity index is 1.07. The monoisotopic (exact) mass is 1020 g/mol. The quantitative estimate of drug-likeness (QED) is 0.0302. The molecule has 23 nitrogen and oxygen atoms in total. The number of carboxylic acid groups (broad SMARTS) is 1. The van der Waals surface area contributed by atoms with E-state index in [1.807, 2.05) is 0 Å². The number of nitrogens with two attached hydrogens (primary N) is 2. The Morgan fingerprint density at radius 3 is 1.51 bits per heavy atom. The fourth-order valence-corrected chi connectivity index (χ4v) is 8.92. The lowest BCUT2D eigenvalue weighted by Gasteiger charge is -2.11. The Bertz CT molecular complexity index is 3980. The van der Waals surface area contributed by atoms with Crippen LogP contribution in [0.4, 0.5) is 56.9 Å². The number of hydrogen-bond acceptors (Lipinski definition) is 19. The topological polar surface area (TPSA) is 392 Å². The van der Waals surface area contributed by atoms with Crippen LogP contribution in [0.25, 0.3) is 32.7 Å². The van der Waals surface area contributed by atoms with E-state index in [0.29, 0.717) is 11.4 Å². The second-order valence-corrected chi connectivity index (χ2v) is 19.2. The fourth-order valence-electron chi connectivity index (χ4n) is 6.93. The number of aromatic carboxylic acids is 1. The molecular weight excluding hydrogens is 985 g/mol. The van der Waals surface area contributed by atoms with Crippen molar-refractivity contribution < 1.29 is 59.0 Å². The Hall–Kier alpha value is -8.92. The van der Waals surface area contributed by atoms with Crippen LogP contribution in [0.1, 0.15) is 10.4 Å². The summed E-state index contributed by atoms with van der Waals surface area (Å²) in [5.74, 6) is -2.66. The minimum absolute atomic E-state index is 0.0260. The van der Waals surface area contributed by atoms with E-state index in [1.165, 1.54) is 54.6 Å². The highest BCUT2D eigenvalue weighted by atomic mass is 32.2. The van der Waals surface area contributed by atoms with Gasteiger partial charge in [0, 0.05) is 16.2 Å². The maximum Gasteiger partial charge on any atom is 0.339 e. The predicted octanol–water partition coefficient (Wildman–Crippen LogP) is 11.3. The van der Waals surface area contributed by atoms with Crippen LogP contribution in [0, 0.1) is 0 Å². The molecule has 0 aliphatic rings. The van der Waals surface area contributed by atoms with E-state index in [2.05, 4.69) is 40.9 Å². The van der Waals surface area contributed by atoms with Crippen molar-refractivity contribution in [1.82, 2.24) is 0 Å². The number of carboxylic acids is 1. The third-order valence-electron chi connectivity index (χ3n) is 10.4. The van der Waals surface area contributed by atoms with Crippen molar-refractivity contribution >= 4 is 115 Å². The highest BCUT2D eigenvalue weighted by Crippen LogP contribution is 2.45. The van der Waals surface area contributed by atoms with Gasteiger partial charge in [-0.1, -0.05) is 48.5 Å². The van der Waals surface area contributed by atoms with Crippen LogP contribution in [0.15, 0.2) is 189 Å². The van der Waals surface area contributed by atoms with E-state index in [4.69, 9.17) is 11.5 Å². The third kappa shape index (κ3) is 10.6. The zero-order chi connectivity index (χ0) is 51.0. The van der Waals surface area contributed by atoms with Gasteiger partial charge in [-0.3, -0.25) is 13.7 Å². The molecule has 26 heteroatoms. The first-order valence-electron chi connectivity index (χ1n) is 20.0. The number of nitrogen functional groups attached to an aromatic ring is 2. The summed E-state index contributed by atoms with van der Waals surface area (Å²) in [6, 6.07) is 30.7. The summed E-state index contributed by atoms with van der Waals surface area (Å²) < 4.78 is 105. The lowest BCUT2D eigenvalue weighted by molar-refractivity contribution is 0.0693. The van der Waals surface area contributed by atoms with Gasteiger partial charge >= 0.3 is 5.97 Å². The van der Waals surface area contributed by atoms with Crippen LogP contribution >= 0.6 is 0 Å². The average molecular weight is 1020 g/mol. The van der Waals surface area contributed by atoms with Crippen LogP contribution in [0.2, 0.25) is 0 Å². The lowest BCUT2D eigenvalue weighted by atomic mass is 10.1. The van der Waals surface area contributed by atoms with Gasteiger partial charge < -0.3 is 26.8 Å². The Labute approximate surface area is 400 Å². The minimum atomic E-state index is -5.23. The number of benzene rings is 8. The molecule has 8 rings (SSSR count). The second-order valence-electron chi connectivity index (χ2n) is 15.0. The first-order valence-corrected chi connectivity index (χ1v) is 24.3. The van der Waals surface area contributed by atoms with Crippen molar-refractivity contribution in [2.24, 2.45) is 40.9 Å². The van der Waals surface area contributed by atoms with Crippen molar-refractivity contribution in [2.45, 2.75) is 14.7 Å². The largest absolute Gasteiger partial charge is 0.507 e. The van der Waals surface area contributed by atoms with Gasteiger partial charge in [-0.25, -0.2) is 4.79 Å². The number of phenols is 2. The molecule has 358 valence electrons. The average Bonchev–Trinajstić information content (AvgIpc) is 3.31. The van der Waals surface area contributed by atoms with Gasteiger partial charge in [0.2, 0.25) is 0 Å². The van der Waals surface area contributed by atoms with Gasteiger partial charge in [-0.05, 0) is 101 Å². The molecule has 0 aliphatic carbocycles. The molecule has 0 fully saturated rings. The summed E-state index contributed by atoms with van der Waals surface area (Å²) >= 11 is 0. The van der Waals surface area contributed by atoms with E-state index in [-0.39, 0.29) is 61.2 Å². The molecule has 0 bridgehead atoms. The number of phenolic OH excluding ortho intramolecular Hbond substituents is 1. The summed E-state index contributed by atoms with van der Waals surface area (Å²) in [6.07, 6.45) is 0. The Kier molecular flexibility index (Phi) is 12.9. The van der Waals surface area contributed by atoms with Crippen molar-refractivity contribution in [2.75, 3.05) is 11.5 Å². The second kappa shape index (κ2) is 18.9. The number of azo groups is 4. The summed E-state index contributed by atoms with van der Waals surface area (Å²) in [5, 5.41) is 62.4. The van der Waals surface area contributed by atoms with Gasteiger partial charge in [-0.15, -0.1) is 25.6 Å². The molecule has 10 N–H and O–H groups in total. The molecule has 0 radical (unpaired) electrons. The van der Waals surface area contributed by atoms with E-state index in [9.17, 15) is 59.0 Å². The number of rotatable bonds is 13. The maximum absolute atomic E-state index is 12.6. The zero-order valence-corrected chi connectivity index (χ0v) is 38.1. The zero-order valence-electron chi connectivity index (χ0n) is 35.7. The van der Waals surface area contributed by atoms with Crippen LogP contribution in [-0.4, -0.2) is 60.2 Å². The standard InChI is InChI=1S/C45H32N10O13S3/c46-33-21-34(47)37(22-36(33)52-49-27-11-7-24(8-12-27)23-5-9-26(10-6-23)48-50-28-13-15-39(56)32(19-28)45(58)59)53-54-38-20-31-25(17-41(38)70(63,64)65)18-42(71(66,67)68)43(44(31)57)55-51-35-14-16-40(69(60,61)62)30-4-2-1-3-29(30)35/h1-22,56-57H,46-47H2,(H,58,59)(H,60,61,62)(H,63,64,65)(H,66,67,68). The molecule has 0 atom stereocenters. The van der Waals surface area contributed by atoms with Gasteiger partial charge in [-0.2, -0.15) is 40.6 Å². The molecule has 0 amide bonds. The summed E-state index contributed by atoms with van der Waals surface area (Å²) in [6.45, 7) is 0. The van der Waals surface area contributed by atoms with Crippen molar-refractivity contribution in [1.29, 1.82) is 0 Å².